The number of carbonyl (C=O) groups is 2. The maximum Gasteiger partial charge on any atom is 0.243 e. The van der Waals surface area contributed by atoms with Gasteiger partial charge in [-0.2, -0.15) is 0 Å². The molecule has 1 N–H and O–H groups in total. The maximum absolute atomic E-state index is 14.6. The van der Waals surface area contributed by atoms with E-state index in [1.54, 1.807) is 18.2 Å². The molecule has 3 aromatic rings. The molecular weight excluding hydrogens is 459 g/mol. The lowest BCUT2D eigenvalue weighted by atomic mass is 10.0. The number of thioether (sulfide) groups is 1. The fourth-order valence-electron chi connectivity index (χ4n) is 3.73. The number of nitrogens with zero attached hydrogens (tertiary/aromatic N) is 1. The van der Waals surface area contributed by atoms with E-state index >= 15 is 0 Å². The summed E-state index contributed by atoms with van der Waals surface area (Å²) in [5, 5.41) is 3.02. The molecule has 35 heavy (non-hydrogen) atoms. The van der Waals surface area contributed by atoms with E-state index in [4.69, 9.17) is 0 Å². The average molecular weight is 493 g/mol. The molecule has 184 valence electrons. The smallest absolute Gasteiger partial charge is 0.243 e. The lowest BCUT2D eigenvalue weighted by Gasteiger charge is -2.34. The van der Waals surface area contributed by atoms with E-state index in [1.807, 2.05) is 81.4 Å². The van der Waals surface area contributed by atoms with Gasteiger partial charge < -0.3 is 10.2 Å². The zero-order chi connectivity index (χ0) is 25.3. The Morgan fingerprint density at radius 1 is 0.886 bits per heavy atom. The second-order valence-electron chi connectivity index (χ2n) is 9.54. The Labute approximate surface area is 211 Å². The second-order valence-corrected chi connectivity index (χ2v) is 10.5. The maximum atomic E-state index is 14.6. The van der Waals surface area contributed by atoms with Crippen LogP contribution in [0.3, 0.4) is 0 Å². The Bertz CT molecular complexity index is 1100. The van der Waals surface area contributed by atoms with Crippen LogP contribution in [0.4, 0.5) is 4.39 Å². The number of carbonyl (C=O) groups excluding carboxylic acids is 2. The topological polar surface area (TPSA) is 49.4 Å². The van der Waals surface area contributed by atoms with E-state index < -0.39 is 17.4 Å². The van der Waals surface area contributed by atoms with Crippen LogP contribution < -0.4 is 5.32 Å². The van der Waals surface area contributed by atoms with Crippen molar-refractivity contribution in [2.45, 2.75) is 51.1 Å². The first-order valence-corrected chi connectivity index (χ1v) is 12.9. The predicted molar refractivity (Wildman–Crippen MR) is 141 cm³/mol. The van der Waals surface area contributed by atoms with Crippen LogP contribution in [0.2, 0.25) is 0 Å². The van der Waals surface area contributed by atoms with E-state index in [-0.39, 0.29) is 24.1 Å². The summed E-state index contributed by atoms with van der Waals surface area (Å²) in [6.07, 6.45) is 0.340. The van der Waals surface area contributed by atoms with Crippen molar-refractivity contribution in [3.63, 3.8) is 0 Å². The Morgan fingerprint density at radius 2 is 1.46 bits per heavy atom. The molecule has 0 radical (unpaired) electrons. The van der Waals surface area contributed by atoms with E-state index in [0.29, 0.717) is 17.7 Å². The van der Waals surface area contributed by atoms with Crippen molar-refractivity contribution in [1.82, 2.24) is 10.2 Å². The van der Waals surface area contributed by atoms with E-state index in [9.17, 15) is 14.0 Å². The minimum atomic E-state index is -0.777. The summed E-state index contributed by atoms with van der Waals surface area (Å²) in [5.41, 5.74) is 1.97. The van der Waals surface area contributed by atoms with E-state index in [2.05, 4.69) is 5.32 Å². The Balaban J connectivity index is 1.88. The summed E-state index contributed by atoms with van der Waals surface area (Å²) >= 11 is 1.49. The molecule has 0 fully saturated rings. The zero-order valence-corrected chi connectivity index (χ0v) is 21.4. The summed E-state index contributed by atoms with van der Waals surface area (Å²) in [7, 11) is 0. The molecule has 0 unspecified atom stereocenters. The average Bonchev–Trinajstić information content (AvgIpc) is 2.82. The van der Waals surface area contributed by atoms with Gasteiger partial charge in [0.15, 0.2) is 0 Å². The number of nitrogens with one attached hydrogen (secondary N) is 1. The highest BCUT2D eigenvalue weighted by Gasteiger charge is 2.32. The highest BCUT2D eigenvalue weighted by Crippen LogP contribution is 2.20. The van der Waals surface area contributed by atoms with Crippen molar-refractivity contribution in [2.75, 3.05) is 5.75 Å². The first-order valence-electron chi connectivity index (χ1n) is 11.7. The fraction of sp³-hybridized carbons (Fsp3) is 0.310. The zero-order valence-electron chi connectivity index (χ0n) is 20.5. The molecule has 0 aliphatic carbocycles. The molecule has 2 amide bonds. The van der Waals surface area contributed by atoms with Crippen LogP contribution in [-0.2, 0) is 28.3 Å². The molecule has 0 aliphatic heterocycles. The highest BCUT2D eigenvalue weighted by molar-refractivity contribution is 7.99. The van der Waals surface area contributed by atoms with Crippen LogP contribution in [0.25, 0.3) is 0 Å². The number of halogens is 1. The molecule has 0 spiro atoms. The molecule has 0 saturated carbocycles. The fourth-order valence-corrected chi connectivity index (χ4v) is 4.60. The van der Waals surface area contributed by atoms with Gasteiger partial charge in [0.2, 0.25) is 11.8 Å². The van der Waals surface area contributed by atoms with Crippen LogP contribution in [0.1, 0.15) is 37.5 Å². The number of hydrogen-bond donors (Lipinski definition) is 1. The Hall–Kier alpha value is -3.12. The largest absolute Gasteiger partial charge is 0.350 e. The predicted octanol–water partition coefficient (Wildman–Crippen LogP) is 5.61. The second kappa shape index (κ2) is 12.5. The molecule has 0 bridgehead atoms. The third-order valence-corrected chi connectivity index (χ3v) is 6.39. The standard InChI is InChI=1S/C29H33FN2O2S/c1-29(2,3)31-28(34)26(18-22-12-6-4-7-13-22)32(19-24-16-10-11-17-25(24)30)27(33)21-35-20-23-14-8-5-9-15-23/h4-17,26H,18-21H2,1-3H3,(H,31,34)/t26-/m1/s1. The summed E-state index contributed by atoms with van der Waals surface area (Å²) in [4.78, 5) is 28.6. The molecule has 1 atom stereocenters. The quantitative estimate of drug-likeness (QED) is 0.400. The van der Waals surface area contributed by atoms with Crippen LogP contribution in [0.5, 0.6) is 0 Å². The lowest BCUT2D eigenvalue weighted by Crippen LogP contribution is -2.54. The summed E-state index contributed by atoms with van der Waals surface area (Å²) < 4.78 is 14.6. The molecular formula is C29H33FN2O2S. The molecule has 0 saturated heterocycles. The van der Waals surface area contributed by atoms with Crippen molar-refractivity contribution < 1.29 is 14.0 Å². The number of rotatable bonds is 10. The summed E-state index contributed by atoms with van der Waals surface area (Å²) in [5.74, 6) is 0.0324. The normalized spacial score (nSPS) is 12.1. The lowest BCUT2D eigenvalue weighted by molar-refractivity contribution is -0.140. The van der Waals surface area contributed by atoms with Gasteiger partial charge in [-0.25, -0.2) is 4.39 Å². The number of hydrogen-bond acceptors (Lipinski definition) is 3. The van der Waals surface area contributed by atoms with Crippen molar-refractivity contribution in [3.8, 4) is 0 Å². The van der Waals surface area contributed by atoms with Crippen LogP contribution in [0.15, 0.2) is 84.9 Å². The van der Waals surface area contributed by atoms with Crippen molar-refractivity contribution in [3.05, 3.63) is 107 Å². The molecule has 0 aromatic heterocycles. The minimum Gasteiger partial charge on any atom is -0.350 e. The molecule has 0 heterocycles. The van der Waals surface area contributed by atoms with Crippen LogP contribution >= 0.6 is 11.8 Å². The highest BCUT2D eigenvalue weighted by atomic mass is 32.2. The summed E-state index contributed by atoms with van der Waals surface area (Å²) in [6.45, 7) is 5.74. The van der Waals surface area contributed by atoms with Crippen LogP contribution in [0, 0.1) is 5.82 Å². The van der Waals surface area contributed by atoms with Crippen molar-refractivity contribution >= 4 is 23.6 Å². The van der Waals surface area contributed by atoms with Gasteiger partial charge >= 0.3 is 0 Å². The van der Waals surface area contributed by atoms with Crippen LogP contribution in [-0.4, -0.2) is 34.0 Å². The van der Waals surface area contributed by atoms with Gasteiger partial charge in [-0.1, -0.05) is 78.9 Å². The third-order valence-electron chi connectivity index (χ3n) is 5.40. The number of amides is 2. The summed E-state index contributed by atoms with van der Waals surface area (Å²) in [6, 6.07) is 25.2. The van der Waals surface area contributed by atoms with Gasteiger partial charge in [-0.05, 0) is 38.0 Å². The molecule has 3 aromatic carbocycles. The van der Waals surface area contributed by atoms with E-state index in [0.717, 1.165) is 11.1 Å². The Kier molecular flexibility index (Phi) is 9.49. The third kappa shape index (κ3) is 8.55. The van der Waals surface area contributed by atoms with Gasteiger partial charge in [-0.15, -0.1) is 11.8 Å². The molecule has 0 aliphatic rings. The molecule has 3 rings (SSSR count). The van der Waals surface area contributed by atoms with Gasteiger partial charge in [-0.3, -0.25) is 9.59 Å². The minimum absolute atomic E-state index is 0.0203. The molecule has 6 heteroatoms. The van der Waals surface area contributed by atoms with Crippen molar-refractivity contribution in [1.29, 1.82) is 0 Å². The van der Waals surface area contributed by atoms with Crippen molar-refractivity contribution in [2.24, 2.45) is 0 Å². The van der Waals surface area contributed by atoms with Gasteiger partial charge in [0.25, 0.3) is 0 Å². The first kappa shape index (κ1) is 26.5. The van der Waals surface area contributed by atoms with Gasteiger partial charge in [0.1, 0.15) is 11.9 Å². The monoisotopic (exact) mass is 492 g/mol. The van der Waals surface area contributed by atoms with Gasteiger partial charge in [0, 0.05) is 29.8 Å². The number of benzene rings is 3. The van der Waals surface area contributed by atoms with E-state index in [1.165, 1.54) is 22.7 Å². The SMILES string of the molecule is CC(C)(C)NC(=O)[C@@H](Cc1ccccc1)N(Cc1ccccc1F)C(=O)CSCc1ccccc1. The Morgan fingerprint density at radius 3 is 2.06 bits per heavy atom. The molecule has 4 nitrogen and oxygen atoms in total. The first-order chi connectivity index (χ1) is 16.7. The van der Waals surface area contributed by atoms with Gasteiger partial charge in [0.05, 0.1) is 5.75 Å².